The summed E-state index contributed by atoms with van der Waals surface area (Å²) in [6.07, 6.45) is -1.18. The molecule has 1 aromatic heterocycles. The fourth-order valence-electron chi connectivity index (χ4n) is 3.72. The molecule has 1 heterocycles. The molecule has 2 aromatic carbocycles. The zero-order valence-corrected chi connectivity index (χ0v) is 21.3. The Kier molecular flexibility index (Phi) is 8.84. The molecule has 8 nitrogen and oxygen atoms in total. The van der Waals surface area contributed by atoms with Gasteiger partial charge in [0.05, 0.1) is 32.4 Å². The normalized spacial score (nSPS) is 11.8. The van der Waals surface area contributed by atoms with E-state index >= 15 is 0 Å². The molecular weight excluding hydrogens is 468 g/mol. The number of aryl methyl sites for hydroxylation is 1. The van der Waals surface area contributed by atoms with Gasteiger partial charge in [0.25, 0.3) is 5.91 Å². The first-order chi connectivity index (χ1) is 16.7. The van der Waals surface area contributed by atoms with E-state index in [4.69, 9.17) is 14.2 Å². The van der Waals surface area contributed by atoms with Gasteiger partial charge in [0.2, 0.25) is 0 Å². The van der Waals surface area contributed by atoms with Gasteiger partial charge >= 0.3 is 5.97 Å². The SMILES string of the molecule is COc1ccc(CC(OC(C)C)C(=O)O)c(OC)c1CNC(=O)c1nc(-c2ccccc2)sc1C. The number of hydrogen-bond donors (Lipinski definition) is 2. The molecule has 0 aliphatic heterocycles. The Morgan fingerprint density at radius 3 is 2.40 bits per heavy atom. The van der Waals surface area contributed by atoms with E-state index < -0.39 is 12.1 Å². The van der Waals surface area contributed by atoms with Crippen LogP contribution in [0.25, 0.3) is 10.6 Å². The van der Waals surface area contributed by atoms with E-state index in [-0.39, 0.29) is 25.0 Å². The second kappa shape index (κ2) is 11.8. The summed E-state index contributed by atoms with van der Waals surface area (Å²) in [5, 5.41) is 13.3. The van der Waals surface area contributed by atoms with Crippen LogP contribution in [-0.2, 0) is 22.5 Å². The Morgan fingerprint density at radius 1 is 1.09 bits per heavy atom. The summed E-state index contributed by atoms with van der Waals surface area (Å²) in [6.45, 7) is 5.54. The molecule has 1 atom stereocenters. The highest BCUT2D eigenvalue weighted by molar-refractivity contribution is 7.15. The summed E-state index contributed by atoms with van der Waals surface area (Å²) in [5.41, 5.74) is 2.55. The maximum Gasteiger partial charge on any atom is 0.333 e. The highest BCUT2D eigenvalue weighted by Crippen LogP contribution is 2.34. The number of aliphatic carboxylic acids is 1. The van der Waals surface area contributed by atoms with Gasteiger partial charge in [-0.3, -0.25) is 4.79 Å². The summed E-state index contributed by atoms with van der Waals surface area (Å²) in [7, 11) is 3.03. The highest BCUT2D eigenvalue weighted by atomic mass is 32.1. The van der Waals surface area contributed by atoms with Crippen molar-refractivity contribution < 1.29 is 28.9 Å². The summed E-state index contributed by atoms with van der Waals surface area (Å²) < 4.78 is 16.7. The molecular formula is C26H30N2O6S. The van der Waals surface area contributed by atoms with Gasteiger partial charge in [-0.2, -0.15) is 0 Å². The largest absolute Gasteiger partial charge is 0.496 e. The van der Waals surface area contributed by atoms with Gasteiger partial charge in [0.15, 0.2) is 6.10 Å². The number of carbonyl (C=O) groups excluding carboxylic acids is 1. The van der Waals surface area contributed by atoms with Gasteiger partial charge in [-0.1, -0.05) is 36.4 Å². The topological polar surface area (TPSA) is 107 Å². The maximum atomic E-state index is 13.0. The van der Waals surface area contributed by atoms with Gasteiger partial charge in [0.1, 0.15) is 22.2 Å². The van der Waals surface area contributed by atoms with Gasteiger partial charge in [-0.05, 0) is 32.4 Å². The molecule has 0 fully saturated rings. The molecule has 0 aliphatic carbocycles. The third-order valence-electron chi connectivity index (χ3n) is 5.30. The number of nitrogens with one attached hydrogen (secondary N) is 1. The lowest BCUT2D eigenvalue weighted by molar-refractivity contribution is -0.153. The zero-order valence-electron chi connectivity index (χ0n) is 20.5. The van der Waals surface area contributed by atoms with Crippen LogP contribution in [0.2, 0.25) is 0 Å². The third-order valence-corrected chi connectivity index (χ3v) is 6.32. The molecule has 9 heteroatoms. The van der Waals surface area contributed by atoms with E-state index in [1.54, 1.807) is 26.0 Å². The fraction of sp³-hybridized carbons (Fsp3) is 0.346. The summed E-state index contributed by atoms with van der Waals surface area (Å²) in [5.74, 6) is -0.410. The van der Waals surface area contributed by atoms with Crippen LogP contribution >= 0.6 is 11.3 Å². The number of thiazole rings is 1. The van der Waals surface area contributed by atoms with Gasteiger partial charge in [-0.25, -0.2) is 9.78 Å². The predicted molar refractivity (Wildman–Crippen MR) is 134 cm³/mol. The van der Waals surface area contributed by atoms with Crippen LogP contribution in [0.4, 0.5) is 0 Å². The molecule has 2 N–H and O–H groups in total. The molecule has 1 amide bonds. The lowest BCUT2D eigenvalue weighted by atomic mass is 10.0. The maximum absolute atomic E-state index is 13.0. The van der Waals surface area contributed by atoms with Gasteiger partial charge in [-0.15, -0.1) is 11.3 Å². The number of amides is 1. The Bertz CT molecular complexity index is 1180. The Hall–Kier alpha value is -3.43. The number of hydrogen-bond acceptors (Lipinski definition) is 7. The molecule has 0 spiro atoms. The van der Waals surface area contributed by atoms with Crippen molar-refractivity contribution in [2.45, 2.75) is 45.9 Å². The molecule has 0 radical (unpaired) electrons. The van der Waals surface area contributed by atoms with E-state index in [0.717, 1.165) is 15.4 Å². The first kappa shape index (κ1) is 26.2. The van der Waals surface area contributed by atoms with Crippen LogP contribution in [0.1, 0.15) is 40.3 Å². The number of ether oxygens (including phenoxy) is 3. The van der Waals surface area contributed by atoms with Crippen molar-refractivity contribution in [3.05, 3.63) is 64.2 Å². The van der Waals surface area contributed by atoms with Crippen molar-refractivity contribution in [1.82, 2.24) is 10.3 Å². The summed E-state index contributed by atoms with van der Waals surface area (Å²) in [6, 6.07) is 13.2. The second-order valence-electron chi connectivity index (χ2n) is 8.13. The minimum atomic E-state index is -1.06. The van der Waals surface area contributed by atoms with Crippen molar-refractivity contribution in [3.63, 3.8) is 0 Å². The molecule has 3 aromatic rings. The molecule has 0 bridgehead atoms. The van der Waals surface area contributed by atoms with Crippen molar-refractivity contribution in [2.24, 2.45) is 0 Å². The van der Waals surface area contributed by atoms with Crippen LogP contribution < -0.4 is 14.8 Å². The molecule has 1 unspecified atom stereocenters. The number of nitrogens with zero attached hydrogens (tertiary/aromatic N) is 1. The number of carboxylic acid groups (broad SMARTS) is 1. The minimum absolute atomic E-state index is 0.104. The van der Waals surface area contributed by atoms with Crippen molar-refractivity contribution in [2.75, 3.05) is 14.2 Å². The van der Waals surface area contributed by atoms with E-state index in [2.05, 4.69) is 10.3 Å². The van der Waals surface area contributed by atoms with Crippen LogP contribution in [0.3, 0.4) is 0 Å². The monoisotopic (exact) mass is 498 g/mol. The van der Waals surface area contributed by atoms with Crippen LogP contribution in [0, 0.1) is 6.92 Å². The quantitative estimate of drug-likeness (QED) is 0.401. The first-order valence-corrected chi connectivity index (χ1v) is 12.0. The van der Waals surface area contributed by atoms with E-state index in [9.17, 15) is 14.7 Å². The lowest BCUT2D eigenvalue weighted by Crippen LogP contribution is -2.29. The molecule has 35 heavy (non-hydrogen) atoms. The Labute approximate surface area is 208 Å². The second-order valence-corrected chi connectivity index (χ2v) is 9.33. The molecule has 3 rings (SSSR count). The van der Waals surface area contributed by atoms with Crippen LogP contribution in [0.15, 0.2) is 42.5 Å². The highest BCUT2D eigenvalue weighted by Gasteiger charge is 2.25. The predicted octanol–water partition coefficient (Wildman–Crippen LogP) is 4.49. The number of aromatic nitrogens is 1. The van der Waals surface area contributed by atoms with Gasteiger partial charge in [0, 0.05) is 16.9 Å². The standard InChI is InChI=1S/C26H30N2O6S/c1-15(2)34-21(26(30)31)13-18-11-12-20(32-4)19(23(18)33-5)14-27-24(29)22-16(3)35-25(28-22)17-9-7-6-8-10-17/h6-12,15,21H,13-14H2,1-5H3,(H,27,29)(H,30,31). The number of carboxylic acids is 1. The molecule has 0 saturated carbocycles. The molecule has 0 aliphatic rings. The van der Waals surface area contributed by atoms with Gasteiger partial charge < -0.3 is 24.6 Å². The fourth-order valence-corrected chi connectivity index (χ4v) is 4.63. The van der Waals surface area contributed by atoms with E-state index in [1.807, 2.05) is 37.3 Å². The van der Waals surface area contributed by atoms with Crippen molar-refractivity contribution in [1.29, 1.82) is 0 Å². The van der Waals surface area contributed by atoms with Crippen molar-refractivity contribution >= 4 is 23.2 Å². The Morgan fingerprint density at radius 2 is 1.80 bits per heavy atom. The number of methoxy groups -OCH3 is 2. The molecule has 0 saturated heterocycles. The minimum Gasteiger partial charge on any atom is -0.496 e. The lowest BCUT2D eigenvalue weighted by Gasteiger charge is -2.21. The van der Waals surface area contributed by atoms with E-state index in [0.29, 0.717) is 28.3 Å². The zero-order chi connectivity index (χ0) is 25.5. The van der Waals surface area contributed by atoms with Crippen LogP contribution in [0.5, 0.6) is 11.5 Å². The third kappa shape index (κ3) is 6.37. The number of rotatable bonds is 11. The smallest absolute Gasteiger partial charge is 0.333 e. The average molecular weight is 499 g/mol. The average Bonchev–Trinajstić information content (AvgIpc) is 3.23. The Balaban J connectivity index is 1.84. The van der Waals surface area contributed by atoms with Crippen LogP contribution in [-0.4, -0.2) is 48.4 Å². The molecule has 186 valence electrons. The first-order valence-electron chi connectivity index (χ1n) is 11.2. The van der Waals surface area contributed by atoms with Crippen molar-refractivity contribution in [3.8, 4) is 22.1 Å². The van der Waals surface area contributed by atoms with E-state index in [1.165, 1.54) is 25.6 Å². The summed E-state index contributed by atoms with van der Waals surface area (Å²) >= 11 is 1.46. The number of carbonyl (C=O) groups is 2. The summed E-state index contributed by atoms with van der Waals surface area (Å²) in [4.78, 5) is 30.1. The number of benzene rings is 2.